The number of carboxylic acid groups (broad SMARTS) is 1. The van der Waals surface area contributed by atoms with Crippen LogP contribution in [0.4, 0.5) is 10.5 Å². The summed E-state index contributed by atoms with van der Waals surface area (Å²) in [6.45, 7) is 3.76. The highest BCUT2D eigenvalue weighted by molar-refractivity contribution is 6.39. The Morgan fingerprint density at radius 1 is 1.17 bits per heavy atom. The normalized spacial score (nSPS) is 15.2. The SMILES string of the molecule is C=CCOc1ccc(Cl)cc1/C=C1\C(=O)NC(=O)N(c2ccc(C(=O)O)cc2)C1=O. The average molecular weight is 427 g/mol. The summed E-state index contributed by atoms with van der Waals surface area (Å²) in [4.78, 5) is 49.3. The van der Waals surface area contributed by atoms with E-state index >= 15 is 0 Å². The van der Waals surface area contributed by atoms with Crippen LogP contribution in [-0.2, 0) is 9.59 Å². The quantitative estimate of drug-likeness (QED) is 0.416. The Morgan fingerprint density at radius 2 is 1.87 bits per heavy atom. The van der Waals surface area contributed by atoms with Gasteiger partial charge in [-0.3, -0.25) is 14.9 Å². The van der Waals surface area contributed by atoms with Crippen LogP contribution in [0.25, 0.3) is 6.08 Å². The van der Waals surface area contributed by atoms with Gasteiger partial charge in [0.15, 0.2) is 0 Å². The number of benzene rings is 2. The standard InChI is InChI=1S/C21H15ClN2O6/c1-2-9-30-17-8-5-14(22)10-13(17)11-16-18(25)23-21(29)24(19(16)26)15-6-3-12(4-7-15)20(27)28/h2-8,10-11H,1,9H2,(H,27,28)(H,23,25,29)/b16-11+. The summed E-state index contributed by atoms with van der Waals surface area (Å²) in [5, 5.41) is 11.4. The van der Waals surface area contributed by atoms with Crippen LogP contribution in [0.1, 0.15) is 15.9 Å². The molecule has 30 heavy (non-hydrogen) atoms. The maximum Gasteiger partial charge on any atom is 0.335 e. The van der Waals surface area contributed by atoms with Crippen LogP contribution in [-0.4, -0.2) is 35.5 Å². The lowest BCUT2D eigenvalue weighted by atomic mass is 10.1. The highest BCUT2D eigenvalue weighted by atomic mass is 35.5. The first-order valence-corrected chi connectivity index (χ1v) is 8.97. The first-order valence-electron chi connectivity index (χ1n) is 8.60. The smallest absolute Gasteiger partial charge is 0.335 e. The summed E-state index contributed by atoms with van der Waals surface area (Å²) in [6, 6.07) is 8.82. The summed E-state index contributed by atoms with van der Waals surface area (Å²) in [5.41, 5.74) is 0.134. The molecule has 0 spiro atoms. The number of barbiturate groups is 1. The maximum atomic E-state index is 12.9. The number of nitrogens with one attached hydrogen (secondary N) is 1. The second kappa shape index (κ2) is 8.62. The third kappa shape index (κ3) is 4.23. The number of aromatic carboxylic acids is 1. The summed E-state index contributed by atoms with van der Waals surface area (Å²) in [5.74, 6) is -2.54. The summed E-state index contributed by atoms with van der Waals surface area (Å²) in [6.07, 6.45) is 2.80. The van der Waals surface area contributed by atoms with Crippen LogP contribution in [0.3, 0.4) is 0 Å². The van der Waals surface area contributed by atoms with Gasteiger partial charge in [-0.15, -0.1) is 0 Å². The minimum absolute atomic E-state index is 0.0154. The first kappa shape index (κ1) is 20.8. The van der Waals surface area contributed by atoms with Crippen molar-refractivity contribution < 1.29 is 29.0 Å². The number of nitrogens with zero attached hydrogens (tertiary/aromatic N) is 1. The van der Waals surface area contributed by atoms with Crippen molar-refractivity contribution in [3.63, 3.8) is 0 Å². The molecule has 9 heteroatoms. The van der Waals surface area contributed by atoms with E-state index in [0.29, 0.717) is 16.3 Å². The summed E-state index contributed by atoms with van der Waals surface area (Å²) in [7, 11) is 0. The largest absolute Gasteiger partial charge is 0.489 e. The molecule has 0 aliphatic carbocycles. The van der Waals surface area contributed by atoms with Gasteiger partial charge in [0.2, 0.25) is 0 Å². The molecule has 1 aliphatic rings. The molecule has 0 saturated carbocycles. The molecule has 1 aliphatic heterocycles. The van der Waals surface area contributed by atoms with E-state index in [1.165, 1.54) is 42.5 Å². The minimum Gasteiger partial charge on any atom is -0.489 e. The lowest BCUT2D eigenvalue weighted by Crippen LogP contribution is -2.54. The molecule has 1 fully saturated rings. The number of carbonyl (C=O) groups is 4. The van der Waals surface area contributed by atoms with Crippen LogP contribution in [0.2, 0.25) is 5.02 Å². The number of urea groups is 1. The lowest BCUT2D eigenvalue weighted by molar-refractivity contribution is -0.122. The van der Waals surface area contributed by atoms with E-state index in [4.69, 9.17) is 21.4 Å². The third-order valence-corrected chi connectivity index (χ3v) is 4.34. The number of halogens is 1. The van der Waals surface area contributed by atoms with Crippen LogP contribution < -0.4 is 15.0 Å². The van der Waals surface area contributed by atoms with Crippen LogP contribution in [0.5, 0.6) is 5.75 Å². The fraction of sp³-hybridized carbons (Fsp3) is 0.0476. The fourth-order valence-corrected chi connectivity index (χ4v) is 2.89. The zero-order chi connectivity index (χ0) is 21.8. The van der Waals surface area contributed by atoms with Gasteiger partial charge in [-0.25, -0.2) is 14.5 Å². The lowest BCUT2D eigenvalue weighted by Gasteiger charge is -2.26. The van der Waals surface area contributed by atoms with Crippen LogP contribution >= 0.6 is 11.6 Å². The van der Waals surface area contributed by atoms with Crippen LogP contribution in [0, 0.1) is 0 Å². The predicted molar refractivity (Wildman–Crippen MR) is 110 cm³/mol. The van der Waals surface area contributed by atoms with E-state index in [9.17, 15) is 19.2 Å². The molecule has 8 nitrogen and oxygen atoms in total. The van der Waals surface area contributed by atoms with Gasteiger partial charge in [0, 0.05) is 10.6 Å². The molecule has 1 heterocycles. The van der Waals surface area contributed by atoms with Crippen molar-refractivity contribution in [1.29, 1.82) is 0 Å². The number of rotatable bonds is 6. The van der Waals surface area contributed by atoms with E-state index in [0.717, 1.165) is 4.90 Å². The molecule has 3 rings (SSSR count). The molecule has 2 aromatic rings. The van der Waals surface area contributed by atoms with Gasteiger partial charge in [0.1, 0.15) is 17.9 Å². The number of amides is 4. The number of imide groups is 2. The minimum atomic E-state index is -1.15. The molecule has 0 bridgehead atoms. The van der Waals surface area contributed by atoms with E-state index in [2.05, 4.69) is 11.9 Å². The molecule has 0 atom stereocenters. The van der Waals surface area contributed by atoms with Crippen LogP contribution in [0.15, 0.2) is 60.7 Å². The van der Waals surface area contributed by atoms with Gasteiger partial charge in [-0.2, -0.15) is 0 Å². The number of carbonyl (C=O) groups excluding carboxylic acids is 3. The molecule has 0 radical (unpaired) electrons. The molecular formula is C21H15ClN2O6. The molecule has 0 aromatic heterocycles. The molecule has 152 valence electrons. The first-order chi connectivity index (χ1) is 14.3. The number of hydrogen-bond donors (Lipinski definition) is 2. The van der Waals surface area contributed by atoms with Gasteiger partial charge in [0.05, 0.1) is 11.3 Å². The topological polar surface area (TPSA) is 113 Å². The molecular weight excluding hydrogens is 412 g/mol. The van der Waals surface area contributed by atoms with Crippen molar-refractivity contribution in [2.45, 2.75) is 0 Å². The van der Waals surface area contributed by atoms with E-state index in [1.807, 2.05) is 0 Å². The zero-order valence-electron chi connectivity index (χ0n) is 15.4. The van der Waals surface area contributed by atoms with Gasteiger partial charge in [0.25, 0.3) is 11.8 Å². The molecule has 4 amide bonds. The van der Waals surface area contributed by atoms with E-state index in [-0.39, 0.29) is 23.4 Å². The summed E-state index contributed by atoms with van der Waals surface area (Å²) >= 11 is 6.03. The highest BCUT2D eigenvalue weighted by Gasteiger charge is 2.37. The second-order valence-electron chi connectivity index (χ2n) is 6.09. The Morgan fingerprint density at radius 3 is 2.50 bits per heavy atom. The third-order valence-electron chi connectivity index (χ3n) is 4.10. The summed E-state index contributed by atoms with van der Waals surface area (Å²) < 4.78 is 5.52. The van der Waals surface area contributed by atoms with Crippen molar-refractivity contribution >= 4 is 47.2 Å². The number of hydrogen-bond acceptors (Lipinski definition) is 5. The van der Waals surface area contributed by atoms with Crippen molar-refractivity contribution in [2.24, 2.45) is 0 Å². The number of ether oxygens (including phenoxy) is 1. The maximum absolute atomic E-state index is 12.9. The zero-order valence-corrected chi connectivity index (χ0v) is 16.2. The Hall–Kier alpha value is -3.91. The Balaban J connectivity index is 2.01. The fourth-order valence-electron chi connectivity index (χ4n) is 2.71. The van der Waals surface area contributed by atoms with Gasteiger partial charge >= 0.3 is 12.0 Å². The van der Waals surface area contributed by atoms with Gasteiger partial charge in [-0.1, -0.05) is 24.3 Å². The van der Waals surface area contributed by atoms with Crippen molar-refractivity contribution in [2.75, 3.05) is 11.5 Å². The Kier molecular flexibility index (Phi) is 5.98. The Labute approximate surface area is 176 Å². The molecule has 2 aromatic carbocycles. The van der Waals surface area contributed by atoms with E-state index < -0.39 is 23.8 Å². The van der Waals surface area contributed by atoms with Crippen molar-refractivity contribution in [1.82, 2.24) is 5.32 Å². The van der Waals surface area contributed by atoms with Crippen molar-refractivity contribution in [3.8, 4) is 5.75 Å². The van der Waals surface area contributed by atoms with Crippen molar-refractivity contribution in [3.05, 3.63) is 76.8 Å². The predicted octanol–water partition coefficient (Wildman–Crippen LogP) is 3.27. The molecule has 1 saturated heterocycles. The number of anilines is 1. The highest BCUT2D eigenvalue weighted by Crippen LogP contribution is 2.28. The Bertz CT molecular complexity index is 1090. The average Bonchev–Trinajstić information content (AvgIpc) is 2.70. The second-order valence-corrected chi connectivity index (χ2v) is 6.53. The molecule has 2 N–H and O–H groups in total. The van der Waals surface area contributed by atoms with Gasteiger partial charge in [-0.05, 0) is 48.5 Å². The number of carboxylic acids is 1. The van der Waals surface area contributed by atoms with E-state index in [1.54, 1.807) is 12.1 Å². The monoisotopic (exact) mass is 426 g/mol. The van der Waals surface area contributed by atoms with Gasteiger partial charge < -0.3 is 9.84 Å². The molecule has 0 unspecified atom stereocenters.